The maximum absolute atomic E-state index is 11.9. The number of carbonyl (C=O) groups is 1. The van der Waals surface area contributed by atoms with Gasteiger partial charge in [-0.1, -0.05) is 11.8 Å². The highest BCUT2D eigenvalue weighted by molar-refractivity contribution is 7.99. The second-order valence-corrected chi connectivity index (χ2v) is 5.47. The zero-order chi connectivity index (χ0) is 15.6. The van der Waals surface area contributed by atoms with Gasteiger partial charge in [0.05, 0.1) is 5.75 Å². The molecule has 2 rings (SSSR count). The van der Waals surface area contributed by atoms with Crippen LogP contribution in [0.5, 0.6) is 0 Å². The number of rotatable bonds is 4. The van der Waals surface area contributed by atoms with Crippen molar-refractivity contribution in [2.24, 2.45) is 5.73 Å². The summed E-state index contributed by atoms with van der Waals surface area (Å²) in [5.41, 5.74) is 7.47. The molecule has 0 amide bonds. The number of carbonyl (C=O) groups excluding carboxylic acids is 1. The van der Waals surface area contributed by atoms with Crippen LogP contribution in [0.1, 0.15) is 18.3 Å². The molecule has 0 aromatic carbocycles. The lowest BCUT2D eigenvalue weighted by molar-refractivity contribution is -0.112. The summed E-state index contributed by atoms with van der Waals surface area (Å²) < 4.78 is 1.62. The van der Waals surface area contributed by atoms with Gasteiger partial charge in [-0.15, -0.1) is 5.10 Å². The molecular weight excluding hydrogens is 288 g/mol. The minimum atomic E-state index is -0.331. The Morgan fingerprint density at radius 1 is 1.48 bits per heavy atom. The Kier molecular flexibility index (Phi) is 4.23. The van der Waals surface area contributed by atoms with E-state index in [-0.39, 0.29) is 22.8 Å². The van der Waals surface area contributed by atoms with Crippen LogP contribution in [-0.4, -0.2) is 31.1 Å². The first kappa shape index (κ1) is 15.0. The van der Waals surface area contributed by atoms with E-state index in [4.69, 9.17) is 11.0 Å². The Balaban J connectivity index is 2.19. The van der Waals surface area contributed by atoms with Crippen LogP contribution < -0.4 is 5.73 Å². The van der Waals surface area contributed by atoms with Gasteiger partial charge >= 0.3 is 0 Å². The van der Waals surface area contributed by atoms with E-state index in [9.17, 15) is 4.79 Å². The Hall–Kier alpha value is -2.40. The average molecular weight is 302 g/mol. The van der Waals surface area contributed by atoms with Crippen LogP contribution >= 0.6 is 11.8 Å². The van der Waals surface area contributed by atoms with Crippen molar-refractivity contribution in [3.05, 3.63) is 28.7 Å². The van der Waals surface area contributed by atoms with Crippen LogP contribution in [0.25, 0.3) is 5.78 Å². The van der Waals surface area contributed by atoms with Crippen LogP contribution in [0.15, 0.2) is 22.5 Å². The van der Waals surface area contributed by atoms with E-state index in [1.807, 2.05) is 26.0 Å². The molecule has 0 saturated carbocycles. The number of aromatic nitrogens is 4. The van der Waals surface area contributed by atoms with Gasteiger partial charge in [0.1, 0.15) is 11.6 Å². The van der Waals surface area contributed by atoms with Crippen molar-refractivity contribution in [3.8, 4) is 6.07 Å². The monoisotopic (exact) mass is 302 g/mol. The van der Waals surface area contributed by atoms with Gasteiger partial charge in [-0.3, -0.25) is 4.79 Å². The van der Waals surface area contributed by atoms with E-state index >= 15 is 0 Å². The van der Waals surface area contributed by atoms with Crippen molar-refractivity contribution < 1.29 is 4.79 Å². The molecule has 0 aliphatic rings. The minimum absolute atomic E-state index is 0.0172. The molecule has 2 heterocycles. The maximum atomic E-state index is 11.9. The fourth-order valence-electron chi connectivity index (χ4n) is 1.78. The number of hydrogen-bond acceptors (Lipinski definition) is 7. The summed E-state index contributed by atoms with van der Waals surface area (Å²) in [6.45, 7) is 5.32. The van der Waals surface area contributed by atoms with Crippen molar-refractivity contribution in [3.63, 3.8) is 0 Å². The molecule has 0 spiro atoms. The van der Waals surface area contributed by atoms with Gasteiger partial charge in [0.15, 0.2) is 5.78 Å². The minimum Gasteiger partial charge on any atom is -0.401 e. The van der Waals surface area contributed by atoms with Crippen LogP contribution in [0.3, 0.4) is 0 Å². The molecule has 0 aliphatic carbocycles. The van der Waals surface area contributed by atoms with E-state index < -0.39 is 0 Å². The van der Waals surface area contributed by atoms with Gasteiger partial charge in [-0.25, -0.2) is 9.50 Å². The lowest BCUT2D eigenvalue weighted by atomic mass is 10.2. The van der Waals surface area contributed by atoms with Gasteiger partial charge < -0.3 is 5.73 Å². The van der Waals surface area contributed by atoms with Crippen LogP contribution in [0.4, 0.5) is 0 Å². The van der Waals surface area contributed by atoms with E-state index in [1.165, 1.54) is 6.92 Å². The highest BCUT2D eigenvalue weighted by Crippen LogP contribution is 2.17. The zero-order valence-corrected chi connectivity index (χ0v) is 12.7. The molecule has 0 saturated heterocycles. The number of hydrogen-bond donors (Lipinski definition) is 1. The normalized spacial score (nSPS) is 12.1. The number of aryl methyl sites for hydroxylation is 2. The van der Waals surface area contributed by atoms with E-state index in [0.717, 1.165) is 23.1 Å². The predicted octanol–water partition coefficient (Wildman–Crippen LogP) is 1.16. The van der Waals surface area contributed by atoms with Crippen LogP contribution in [0.2, 0.25) is 0 Å². The van der Waals surface area contributed by atoms with Gasteiger partial charge in [0.2, 0.25) is 5.16 Å². The zero-order valence-electron chi connectivity index (χ0n) is 11.9. The third kappa shape index (κ3) is 3.20. The molecule has 2 aromatic rings. The molecule has 7 nitrogen and oxygen atoms in total. The summed E-state index contributed by atoms with van der Waals surface area (Å²) in [5, 5.41) is 13.6. The van der Waals surface area contributed by atoms with Crippen LogP contribution in [0, 0.1) is 25.2 Å². The number of thioether (sulfide) groups is 1. The first-order valence-corrected chi connectivity index (χ1v) is 7.14. The molecule has 0 aliphatic heterocycles. The highest BCUT2D eigenvalue weighted by Gasteiger charge is 2.14. The molecule has 2 aromatic heterocycles. The first-order chi connectivity index (χ1) is 9.92. The first-order valence-electron chi connectivity index (χ1n) is 6.16. The van der Waals surface area contributed by atoms with E-state index in [0.29, 0.717) is 10.9 Å². The second kappa shape index (κ2) is 5.93. The Morgan fingerprint density at radius 3 is 2.81 bits per heavy atom. The fourth-order valence-corrected chi connectivity index (χ4v) is 2.47. The van der Waals surface area contributed by atoms with Gasteiger partial charge in [-0.05, 0) is 26.8 Å². The number of ketones is 1. The van der Waals surface area contributed by atoms with Crippen molar-refractivity contribution in [2.45, 2.75) is 25.9 Å². The molecule has 2 N–H and O–H groups in total. The highest BCUT2D eigenvalue weighted by atomic mass is 32.2. The standard InChI is InChI=1S/C13H14N6OS/c1-7-4-8(2)19-12(16-7)17-13(18-19)21-6-11(20)10(5-14)9(3)15/h4H,6,15H2,1-3H3/b10-9+. The number of fused-ring (bicyclic) bond motifs is 1. The van der Waals surface area contributed by atoms with Gasteiger partial charge in [0, 0.05) is 17.1 Å². The summed E-state index contributed by atoms with van der Waals surface area (Å²) in [7, 11) is 0. The molecule has 0 fully saturated rings. The maximum Gasteiger partial charge on any atom is 0.253 e. The molecule has 108 valence electrons. The lowest BCUT2D eigenvalue weighted by Gasteiger charge is -1.98. The van der Waals surface area contributed by atoms with Crippen molar-refractivity contribution in [1.29, 1.82) is 5.26 Å². The number of nitrogens with two attached hydrogens (primary N) is 1. The summed E-state index contributed by atoms with van der Waals surface area (Å²) in [6.07, 6.45) is 0. The topological polar surface area (TPSA) is 110 Å². The Bertz CT molecular complexity index is 782. The smallest absolute Gasteiger partial charge is 0.253 e. The predicted molar refractivity (Wildman–Crippen MR) is 78.5 cm³/mol. The molecule has 8 heteroatoms. The van der Waals surface area contributed by atoms with Crippen molar-refractivity contribution >= 4 is 23.3 Å². The van der Waals surface area contributed by atoms with Gasteiger partial charge in [0.25, 0.3) is 5.78 Å². The molecule has 21 heavy (non-hydrogen) atoms. The Labute approximate surface area is 125 Å². The third-order valence-corrected chi connectivity index (χ3v) is 3.55. The fraction of sp³-hybridized carbons (Fsp3) is 0.308. The Morgan fingerprint density at radius 2 is 2.19 bits per heavy atom. The van der Waals surface area contributed by atoms with E-state index in [1.54, 1.807) is 4.52 Å². The number of nitriles is 1. The summed E-state index contributed by atoms with van der Waals surface area (Å²) in [5.74, 6) is 0.225. The van der Waals surface area contributed by atoms with E-state index in [2.05, 4.69) is 15.1 Å². The summed E-state index contributed by atoms with van der Waals surface area (Å²) >= 11 is 1.16. The van der Waals surface area contributed by atoms with Gasteiger partial charge in [-0.2, -0.15) is 10.2 Å². The molecule has 0 atom stereocenters. The second-order valence-electron chi connectivity index (χ2n) is 4.53. The molecule has 0 radical (unpaired) electrons. The number of allylic oxidation sites excluding steroid dienone is 2. The largest absolute Gasteiger partial charge is 0.401 e. The lowest BCUT2D eigenvalue weighted by Crippen LogP contribution is -2.10. The SMILES string of the molecule is C/C(N)=C(/C#N)C(=O)CSc1nc2nc(C)cc(C)n2n1. The molecular formula is C13H14N6OS. The van der Waals surface area contributed by atoms with Crippen molar-refractivity contribution in [1.82, 2.24) is 19.6 Å². The quantitative estimate of drug-likeness (QED) is 0.512. The number of nitrogens with zero attached hydrogens (tertiary/aromatic N) is 5. The van der Waals surface area contributed by atoms with Crippen molar-refractivity contribution in [2.75, 3.05) is 5.75 Å². The summed E-state index contributed by atoms with van der Waals surface area (Å²) in [6, 6.07) is 3.71. The number of Topliss-reactive ketones (excluding diaryl/α,β-unsaturated/α-hetero) is 1. The third-order valence-electron chi connectivity index (χ3n) is 2.72. The molecule has 0 bridgehead atoms. The van der Waals surface area contributed by atoms with Crippen LogP contribution in [-0.2, 0) is 4.79 Å². The molecule has 0 unspecified atom stereocenters. The summed E-state index contributed by atoms with van der Waals surface area (Å²) in [4.78, 5) is 20.4. The average Bonchev–Trinajstić information content (AvgIpc) is 2.80.